The maximum absolute atomic E-state index is 10.7. The average Bonchev–Trinajstić information content (AvgIpc) is 3.11. The monoisotopic (exact) mass is 371 g/mol. The van der Waals surface area contributed by atoms with Gasteiger partial charge in [-0.25, -0.2) is 0 Å². The van der Waals surface area contributed by atoms with Gasteiger partial charge in [0.1, 0.15) is 18.2 Å². The zero-order chi connectivity index (χ0) is 19.7. The molecule has 0 amide bonds. The van der Waals surface area contributed by atoms with Crippen LogP contribution in [-0.4, -0.2) is 60.9 Å². The number of rotatable bonds is 12. The highest BCUT2D eigenvalue weighted by Crippen LogP contribution is 2.23. The number of nitrogens with zero attached hydrogens (tertiary/aromatic N) is 2. The number of aryl methyl sites for hydroxylation is 1. The molecule has 0 radical (unpaired) electrons. The lowest BCUT2D eigenvalue weighted by Gasteiger charge is -2.24. The average molecular weight is 371 g/mol. The molecule has 0 saturated heterocycles. The maximum Gasteiger partial charge on any atom is 0.323 e. The molecule has 0 aliphatic carbocycles. The number of allylic oxidation sites excluding steroid dienone is 1. The van der Waals surface area contributed by atoms with Gasteiger partial charge in [0.05, 0.1) is 12.0 Å². The van der Waals surface area contributed by atoms with E-state index in [0.29, 0.717) is 18.1 Å². The van der Waals surface area contributed by atoms with Crippen LogP contribution in [0.1, 0.15) is 57.2 Å². The minimum atomic E-state index is -1.77. The third-order valence-electron chi connectivity index (χ3n) is 4.13. The second kappa shape index (κ2) is 11.0. The van der Waals surface area contributed by atoms with Crippen LogP contribution >= 0.6 is 0 Å². The number of carboxylic acid groups (broad SMARTS) is 1. The number of unbranched alkanes of at least 4 members (excludes halogenated alkanes) is 1. The van der Waals surface area contributed by atoms with Gasteiger partial charge in [-0.05, 0) is 12.8 Å². The molecule has 9 heteroatoms. The molecule has 0 saturated carbocycles. The highest BCUT2D eigenvalue weighted by atomic mass is 16.5. The number of aliphatic carboxylic acids is 1. The van der Waals surface area contributed by atoms with E-state index in [1.807, 2.05) is 13.0 Å². The molecule has 26 heavy (non-hydrogen) atoms. The van der Waals surface area contributed by atoms with E-state index in [-0.39, 0.29) is 12.3 Å². The first kappa shape index (κ1) is 22.2. The lowest BCUT2D eigenvalue weighted by atomic mass is 9.97. The van der Waals surface area contributed by atoms with E-state index in [2.05, 4.69) is 17.1 Å². The Balaban J connectivity index is 2.69. The largest absolute Gasteiger partial charge is 0.480 e. The van der Waals surface area contributed by atoms with Gasteiger partial charge in [-0.2, -0.15) is 4.98 Å². The molecule has 9 nitrogen and oxygen atoms in total. The molecule has 1 rings (SSSR count). The van der Waals surface area contributed by atoms with Crippen molar-refractivity contribution in [1.82, 2.24) is 10.1 Å². The van der Waals surface area contributed by atoms with Crippen LogP contribution in [0.15, 0.2) is 16.7 Å². The zero-order valence-electron chi connectivity index (χ0n) is 15.2. The van der Waals surface area contributed by atoms with Crippen molar-refractivity contribution in [3.8, 4) is 0 Å². The van der Waals surface area contributed by atoms with Crippen molar-refractivity contribution in [3.05, 3.63) is 23.9 Å². The highest BCUT2D eigenvalue weighted by Gasteiger charge is 2.32. The minimum absolute atomic E-state index is 0.0158. The van der Waals surface area contributed by atoms with Crippen LogP contribution in [-0.2, 0) is 11.2 Å². The summed E-state index contributed by atoms with van der Waals surface area (Å²) >= 11 is 0. The summed E-state index contributed by atoms with van der Waals surface area (Å²) in [6.07, 6.45) is 2.09. The van der Waals surface area contributed by atoms with E-state index < -0.39 is 30.3 Å². The summed E-state index contributed by atoms with van der Waals surface area (Å²) in [5.74, 6) is -0.453. The van der Waals surface area contributed by atoms with Crippen molar-refractivity contribution in [2.75, 3.05) is 0 Å². The van der Waals surface area contributed by atoms with E-state index in [0.717, 1.165) is 19.3 Å². The molecule has 1 heterocycles. The summed E-state index contributed by atoms with van der Waals surface area (Å²) < 4.78 is 5.27. The summed E-state index contributed by atoms with van der Waals surface area (Å²) in [6.45, 7) is 4.00. The van der Waals surface area contributed by atoms with Crippen molar-refractivity contribution in [2.24, 2.45) is 5.73 Å². The molecule has 148 valence electrons. The molecule has 0 aromatic carbocycles. The van der Waals surface area contributed by atoms with E-state index in [9.17, 15) is 20.1 Å². The second-order valence-electron chi connectivity index (χ2n) is 6.23. The highest BCUT2D eigenvalue weighted by molar-refractivity contribution is 5.74. The van der Waals surface area contributed by atoms with Gasteiger partial charge in [0.15, 0.2) is 5.82 Å². The Morgan fingerprint density at radius 1 is 1.27 bits per heavy atom. The normalized spacial score (nSPS) is 17.8. The van der Waals surface area contributed by atoms with E-state index in [4.69, 9.17) is 15.4 Å². The molecular formula is C17H29N3O6. The first-order valence-corrected chi connectivity index (χ1v) is 8.83. The first-order valence-electron chi connectivity index (χ1n) is 8.83. The van der Waals surface area contributed by atoms with Gasteiger partial charge in [0.2, 0.25) is 5.89 Å². The van der Waals surface area contributed by atoms with Crippen LogP contribution in [0.4, 0.5) is 0 Å². The summed E-state index contributed by atoms with van der Waals surface area (Å²) in [5, 5.41) is 42.1. The van der Waals surface area contributed by atoms with Gasteiger partial charge in [-0.15, -0.1) is 0 Å². The SMILES string of the molecule is CCCCC(/C=C/CC(O)C(O)C(O)C(N)C(=O)O)c1nc(CC)no1. The van der Waals surface area contributed by atoms with Crippen molar-refractivity contribution in [2.45, 2.75) is 76.2 Å². The predicted octanol–water partition coefficient (Wildman–Crippen LogP) is 0.347. The molecule has 0 aliphatic heterocycles. The Kier molecular flexibility index (Phi) is 9.42. The number of aliphatic hydroxyl groups excluding tert-OH is 3. The van der Waals surface area contributed by atoms with Gasteiger partial charge in [-0.1, -0.05) is 44.0 Å². The van der Waals surface area contributed by atoms with Crippen LogP contribution in [0.2, 0.25) is 0 Å². The summed E-state index contributed by atoms with van der Waals surface area (Å²) in [6, 6.07) is -1.67. The topological polar surface area (TPSA) is 163 Å². The van der Waals surface area contributed by atoms with Crippen LogP contribution in [0.5, 0.6) is 0 Å². The minimum Gasteiger partial charge on any atom is -0.480 e. The Morgan fingerprint density at radius 3 is 2.50 bits per heavy atom. The standard InChI is InChI=1S/C17H29N3O6/c1-3-5-7-10(16-19-12(4-2)20-26-16)8-6-9-11(21)14(22)15(23)13(18)17(24)25/h6,8,10-11,13-15,21-23H,3-5,7,9,18H2,1-2H3,(H,24,25)/b8-6+. The van der Waals surface area contributed by atoms with Crippen molar-refractivity contribution in [3.63, 3.8) is 0 Å². The van der Waals surface area contributed by atoms with Crippen LogP contribution in [0, 0.1) is 0 Å². The van der Waals surface area contributed by atoms with Crippen molar-refractivity contribution >= 4 is 5.97 Å². The maximum atomic E-state index is 10.7. The number of hydrogen-bond acceptors (Lipinski definition) is 8. The Morgan fingerprint density at radius 2 is 1.96 bits per heavy atom. The fourth-order valence-corrected chi connectivity index (χ4v) is 2.40. The third-order valence-corrected chi connectivity index (χ3v) is 4.13. The van der Waals surface area contributed by atoms with Crippen molar-refractivity contribution in [1.29, 1.82) is 0 Å². The van der Waals surface area contributed by atoms with Gasteiger partial charge in [-0.3, -0.25) is 4.79 Å². The number of carbonyl (C=O) groups is 1. The smallest absolute Gasteiger partial charge is 0.323 e. The fourth-order valence-electron chi connectivity index (χ4n) is 2.40. The van der Waals surface area contributed by atoms with Gasteiger partial charge in [0, 0.05) is 6.42 Å². The van der Waals surface area contributed by atoms with E-state index in [1.165, 1.54) is 0 Å². The lowest BCUT2D eigenvalue weighted by Crippen LogP contribution is -2.51. The summed E-state index contributed by atoms with van der Waals surface area (Å²) in [5.41, 5.74) is 5.26. The van der Waals surface area contributed by atoms with Gasteiger partial charge in [0.25, 0.3) is 0 Å². The number of aliphatic hydroxyl groups is 3. The van der Waals surface area contributed by atoms with Crippen LogP contribution < -0.4 is 5.73 Å². The molecule has 5 unspecified atom stereocenters. The van der Waals surface area contributed by atoms with Crippen LogP contribution in [0.3, 0.4) is 0 Å². The van der Waals surface area contributed by atoms with Crippen LogP contribution in [0.25, 0.3) is 0 Å². The number of aromatic nitrogens is 2. The lowest BCUT2D eigenvalue weighted by molar-refractivity contribution is -0.145. The molecule has 0 spiro atoms. The van der Waals surface area contributed by atoms with E-state index in [1.54, 1.807) is 6.08 Å². The fraction of sp³-hybridized carbons (Fsp3) is 0.706. The molecule has 1 aromatic heterocycles. The first-order chi connectivity index (χ1) is 12.3. The predicted molar refractivity (Wildman–Crippen MR) is 93.3 cm³/mol. The Hall–Kier alpha value is -1.81. The Bertz CT molecular complexity index is 577. The summed E-state index contributed by atoms with van der Waals surface area (Å²) in [7, 11) is 0. The molecular weight excluding hydrogens is 342 g/mol. The number of nitrogens with two attached hydrogens (primary N) is 1. The number of carboxylic acids is 1. The van der Waals surface area contributed by atoms with Crippen molar-refractivity contribution < 1.29 is 29.7 Å². The number of hydrogen-bond donors (Lipinski definition) is 5. The van der Waals surface area contributed by atoms with Gasteiger partial charge >= 0.3 is 5.97 Å². The quantitative estimate of drug-likeness (QED) is 0.326. The second-order valence-corrected chi connectivity index (χ2v) is 6.23. The molecule has 0 bridgehead atoms. The molecule has 6 N–H and O–H groups in total. The summed E-state index contributed by atoms with van der Waals surface area (Å²) in [4.78, 5) is 15.1. The zero-order valence-corrected chi connectivity index (χ0v) is 15.2. The Labute approximate surface area is 152 Å². The molecule has 0 fully saturated rings. The molecule has 1 aromatic rings. The third kappa shape index (κ3) is 6.49. The molecule has 0 aliphatic rings. The van der Waals surface area contributed by atoms with Gasteiger partial charge < -0.3 is 30.7 Å². The van der Waals surface area contributed by atoms with E-state index >= 15 is 0 Å². The molecule has 5 atom stereocenters.